The molecule has 0 fully saturated rings. The van der Waals surface area contributed by atoms with Crippen molar-refractivity contribution < 1.29 is 9.90 Å². The zero-order valence-corrected chi connectivity index (χ0v) is 13.1. The molecule has 2 aromatic rings. The highest BCUT2D eigenvalue weighted by Gasteiger charge is 2.31. The number of hydrogen-bond donors (Lipinski definition) is 3. The monoisotopic (exact) mass is 314 g/mol. The van der Waals surface area contributed by atoms with Gasteiger partial charge in [-0.25, -0.2) is 4.79 Å². The summed E-state index contributed by atoms with van der Waals surface area (Å²) in [6.45, 7) is 0. The normalized spacial score (nSPS) is 19.5. The Morgan fingerprint density at radius 1 is 1.18 bits per heavy atom. The summed E-state index contributed by atoms with van der Waals surface area (Å²) in [5.74, 6) is 0. The predicted octanol–water partition coefficient (Wildman–Crippen LogP) is 3.19. The second kappa shape index (κ2) is 6.42. The summed E-state index contributed by atoms with van der Waals surface area (Å²) >= 11 is 1.58. The summed E-state index contributed by atoms with van der Waals surface area (Å²) in [6.07, 6.45) is 1.96. The van der Waals surface area contributed by atoms with Crippen LogP contribution in [-0.4, -0.2) is 23.5 Å². The zero-order chi connectivity index (χ0) is 15.5. The van der Waals surface area contributed by atoms with Crippen LogP contribution in [0.1, 0.15) is 17.2 Å². The molecular weight excluding hydrogens is 296 g/mol. The molecule has 0 aliphatic heterocycles. The number of nitrogens with one attached hydrogen (secondary N) is 2. The fraction of sp³-hybridized carbons (Fsp3) is 0.235. The van der Waals surface area contributed by atoms with Gasteiger partial charge in [0, 0.05) is 11.3 Å². The fourth-order valence-corrected chi connectivity index (χ4v) is 3.35. The topological polar surface area (TPSA) is 61.4 Å². The van der Waals surface area contributed by atoms with Crippen molar-refractivity contribution in [2.75, 3.05) is 11.6 Å². The molecule has 2 atom stereocenters. The van der Waals surface area contributed by atoms with Crippen molar-refractivity contribution >= 4 is 23.5 Å². The quantitative estimate of drug-likeness (QED) is 0.763. The van der Waals surface area contributed by atoms with E-state index in [1.165, 1.54) is 0 Å². The van der Waals surface area contributed by atoms with Crippen molar-refractivity contribution in [2.24, 2.45) is 0 Å². The van der Waals surface area contributed by atoms with Crippen LogP contribution in [0.3, 0.4) is 0 Å². The van der Waals surface area contributed by atoms with Crippen molar-refractivity contribution in [3.63, 3.8) is 0 Å². The number of anilines is 1. The molecule has 0 heterocycles. The number of hydrogen-bond acceptors (Lipinski definition) is 3. The van der Waals surface area contributed by atoms with Gasteiger partial charge in [-0.15, -0.1) is 11.8 Å². The number of benzene rings is 2. The SMILES string of the molecule is CSc1ccccc1NC(=O)N[C@H]1c2ccccc2C[C@H]1O. The maximum absolute atomic E-state index is 12.2. The Bertz CT molecular complexity index is 690. The third-order valence-electron chi connectivity index (χ3n) is 3.85. The first-order chi connectivity index (χ1) is 10.7. The maximum Gasteiger partial charge on any atom is 0.319 e. The van der Waals surface area contributed by atoms with Crippen LogP contribution in [-0.2, 0) is 6.42 Å². The minimum absolute atomic E-state index is 0.303. The minimum atomic E-state index is -0.584. The number of rotatable bonds is 3. The molecule has 0 unspecified atom stereocenters. The smallest absolute Gasteiger partial charge is 0.319 e. The van der Waals surface area contributed by atoms with E-state index in [1.807, 2.05) is 54.8 Å². The molecule has 22 heavy (non-hydrogen) atoms. The second-order valence-electron chi connectivity index (χ2n) is 5.25. The number of amides is 2. The first-order valence-corrected chi connectivity index (χ1v) is 8.38. The molecule has 0 saturated carbocycles. The maximum atomic E-state index is 12.2. The highest BCUT2D eigenvalue weighted by Crippen LogP contribution is 2.31. The van der Waals surface area contributed by atoms with Crippen molar-refractivity contribution in [3.8, 4) is 0 Å². The molecule has 0 bridgehead atoms. The third kappa shape index (κ3) is 2.96. The first kappa shape index (κ1) is 14.9. The van der Waals surface area contributed by atoms with Crippen LogP contribution in [0.15, 0.2) is 53.4 Å². The van der Waals surface area contributed by atoms with Crippen molar-refractivity contribution in [3.05, 3.63) is 59.7 Å². The summed E-state index contributed by atoms with van der Waals surface area (Å²) in [6, 6.07) is 14.8. The van der Waals surface area contributed by atoms with E-state index in [0.717, 1.165) is 21.7 Å². The van der Waals surface area contributed by atoms with E-state index in [-0.39, 0.29) is 12.1 Å². The molecule has 0 spiro atoms. The van der Waals surface area contributed by atoms with Crippen LogP contribution in [0, 0.1) is 0 Å². The van der Waals surface area contributed by atoms with Crippen LogP contribution in [0.25, 0.3) is 0 Å². The summed E-state index contributed by atoms with van der Waals surface area (Å²) < 4.78 is 0. The van der Waals surface area contributed by atoms with Crippen LogP contribution < -0.4 is 10.6 Å². The van der Waals surface area contributed by atoms with Gasteiger partial charge in [0.1, 0.15) is 0 Å². The third-order valence-corrected chi connectivity index (χ3v) is 4.64. The molecule has 5 heteroatoms. The Morgan fingerprint density at radius 2 is 1.91 bits per heavy atom. The largest absolute Gasteiger partial charge is 0.390 e. The highest BCUT2D eigenvalue weighted by atomic mass is 32.2. The predicted molar refractivity (Wildman–Crippen MR) is 89.3 cm³/mol. The Hall–Kier alpha value is -1.98. The lowest BCUT2D eigenvalue weighted by molar-refractivity contribution is 0.144. The molecule has 114 valence electrons. The van der Waals surface area contributed by atoms with Gasteiger partial charge in [0.05, 0.1) is 17.8 Å². The summed E-state index contributed by atoms with van der Waals surface area (Å²) in [5.41, 5.74) is 2.85. The lowest BCUT2D eigenvalue weighted by atomic mass is 10.1. The molecule has 2 aromatic carbocycles. The first-order valence-electron chi connectivity index (χ1n) is 7.15. The Balaban J connectivity index is 1.72. The molecule has 4 nitrogen and oxygen atoms in total. The number of urea groups is 1. The van der Waals surface area contributed by atoms with Crippen molar-refractivity contribution in [1.82, 2.24) is 5.32 Å². The van der Waals surface area contributed by atoms with E-state index in [2.05, 4.69) is 10.6 Å². The molecule has 3 N–H and O–H groups in total. The number of carbonyl (C=O) groups is 1. The van der Waals surface area contributed by atoms with Crippen molar-refractivity contribution in [2.45, 2.75) is 23.5 Å². The molecule has 3 rings (SSSR count). The molecule has 1 aliphatic carbocycles. The number of thioether (sulfide) groups is 1. The van der Waals surface area contributed by atoms with Crippen LogP contribution in [0.2, 0.25) is 0 Å². The Kier molecular flexibility index (Phi) is 4.36. The Morgan fingerprint density at radius 3 is 2.73 bits per heavy atom. The van der Waals surface area contributed by atoms with E-state index in [1.54, 1.807) is 11.8 Å². The van der Waals surface area contributed by atoms with Gasteiger partial charge in [-0.3, -0.25) is 0 Å². The lowest BCUT2D eigenvalue weighted by Gasteiger charge is -2.19. The van der Waals surface area contributed by atoms with Gasteiger partial charge in [-0.2, -0.15) is 0 Å². The summed E-state index contributed by atoms with van der Waals surface area (Å²) in [5, 5.41) is 15.9. The van der Waals surface area contributed by atoms with E-state index >= 15 is 0 Å². The van der Waals surface area contributed by atoms with Crippen LogP contribution in [0.5, 0.6) is 0 Å². The van der Waals surface area contributed by atoms with Gasteiger partial charge >= 0.3 is 6.03 Å². The average molecular weight is 314 g/mol. The molecule has 2 amide bonds. The number of aliphatic hydroxyl groups is 1. The van der Waals surface area contributed by atoms with E-state index < -0.39 is 6.10 Å². The molecule has 0 saturated heterocycles. The second-order valence-corrected chi connectivity index (χ2v) is 6.09. The van der Waals surface area contributed by atoms with E-state index in [4.69, 9.17) is 0 Å². The van der Waals surface area contributed by atoms with Gasteiger partial charge in [0.15, 0.2) is 0 Å². The average Bonchev–Trinajstić information content (AvgIpc) is 2.84. The van der Waals surface area contributed by atoms with Gasteiger partial charge in [0.2, 0.25) is 0 Å². The molecule has 0 aromatic heterocycles. The van der Waals surface area contributed by atoms with Gasteiger partial charge in [-0.1, -0.05) is 36.4 Å². The van der Waals surface area contributed by atoms with Gasteiger partial charge in [-0.05, 0) is 29.5 Å². The van der Waals surface area contributed by atoms with Crippen LogP contribution in [0.4, 0.5) is 10.5 Å². The minimum Gasteiger partial charge on any atom is -0.390 e. The van der Waals surface area contributed by atoms with Gasteiger partial charge < -0.3 is 15.7 Å². The number of para-hydroxylation sites is 1. The zero-order valence-electron chi connectivity index (χ0n) is 12.2. The lowest BCUT2D eigenvalue weighted by Crippen LogP contribution is -2.36. The Labute approximate surface area is 133 Å². The van der Waals surface area contributed by atoms with E-state index in [9.17, 15) is 9.90 Å². The van der Waals surface area contributed by atoms with Gasteiger partial charge in [0.25, 0.3) is 0 Å². The standard InChI is InChI=1S/C17H18N2O2S/c1-22-15-9-5-4-8-13(15)18-17(21)19-16-12-7-3-2-6-11(12)10-14(16)20/h2-9,14,16,20H,10H2,1H3,(H2,18,19,21)/t14-,16+/m1/s1. The van der Waals surface area contributed by atoms with E-state index in [0.29, 0.717) is 6.42 Å². The molecule has 1 aliphatic rings. The molecule has 0 radical (unpaired) electrons. The number of carbonyl (C=O) groups excluding carboxylic acids is 1. The summed E-state index contributed by atoms with van der Waals surface area (Å²) in [4.78, 5) is 13.3. The number of aliphatic hydroxyl groups excluding tert-OH is 1. The molecular formula is C17H18N2O2S. The fourth-order valence-electron chi connectivity index (χ4n) is 2.80. The van der Waals surface area contributed by atoms with Crippen molar-refractivity contribution in [1.29, 1.82) is 0 Å². The summed E-state index contributed by atoms with van der Waals surface area (Å²) in [7, 11) is 0. The highest BCUT2D eigenvalue weighted by molar-refractivity contribution is 7.98. The van der Waals surface area contributed by atoms with Crippen LogP contribution >= 0.6 is 11.8 Å². The number of fused-ring (bicyclic) bond motifs is 1.